The molecule has 140 valence electrons. The van der Waals surface area contributed by atoms with Gasteiger partial charge in [-0.25, -0.2) is 4.79 Å². The third kappa shape index (κ3) is 3.64. The first-order valence-electron chi connectivity index (χ1n) is 9.18. The first kappa shape index (κ1) is 18.2. The summed E-state index contributed by atoms with van der Waals surface area (Å²) in [6, 6.07) is 4.11. The molecule has 2 heterocycles. The number of nitriles is 1. The Bertz CT molecular complexity index is 930. The van der Waals surface area contributed by atoms with Gasteiger partial charge in [0.25, 0.3) is 5.91 Å². The number of amides is 1. The Kier molecular flexibility index (Phi) is 5.02. The van der Waals surface area contributed by atoms with E-state index in [0.29, 0.717) is 21.4 Å². The molecular weight excluding hydrogens is 380 g/mol. The zero-order valence-electron chi connectivity index (χ0n) is 15.1. The minimum Gasteiger partial charge on any atom is -0.451 e. The van der Waals surface area contributed by atoms with Crippen molar-refractivity contribution in [2.45, 2.75) is 45.4 Å². The second kappa shape index (κ2) is 7.45. The number of hydrogen-bond acceptors (Lipinski definition) is 6. The number of ether oxygens (including phenoxy) is 1. The van der Waals surface area contributed by atoms with Gasteiger partial charge in [-0.2, -0.15) is 5.26 Å². The number of esters is 1. The van der Waals surface area contributed by atoms with Gasteiger partial charge >= 0.3 is 5.97 Å². The molecule has 2 aliphatic carbocycles. The fourth-order valence-electron chi connectivity index (χ4n) is 3.75. The Labute approximate surface area is 166 Å². The molecule has 2 aromatic heterocycles. The van der Waals surface area contributed by atoms with Crippen LogP contribution < -0.4 is 5.32 Å². The monoisotopic (exact) mass is 400 g/mol. The van der Waals surface area contributed by atoms with Gasteiger partial charge < -0.3 is 10.1 Å². The van der Waals surface area contributed by atoms with Crippen LogP contribution in [0.2, 0.25) is 0 Å². The van der Waals surface area contributed by atoms with Gasteiger partial charge in [0, 0.05) is 9.75 Å². The average molecular weight is 401 g/mol. The second-order valence-corrected chi connectivity index (χ2v) is 9.45. The van der Waals surface area contributed by atoms with Gasteiger partial charge in [-0.15, -0.1) is 22.7 Å². The maximum Gasteiger partial charge on any atom is 0.348 e. The number of aryl methyl sites for hydroxylation is 2. The predicted octanol–water partition coefficient (Wildman–Crippen LogP) is 4.09. The molecule has 1 N–H and O–H groups in total. The number of rotatable bonds is 4. The fourth-order valence-corrected chi connectivity index (χ4v) is 6.28. The highest BCUT2D eigenvalue weighted by Crippen LogP contribution is 2.39. The molecule has 0 spiro atoms. The third-order valence-electron chi connectivity index (χ3n) is 5.16. The largest absolute Gasteiger partial charge is 0.451 e. The highest BCUT2D eigenvalue weighted by atomic mass is 32.1. The summed E-state index contributed by atoms with van der Waals surface area (Å²) in [6.07, 6.45) is 6.06. The summed E-state index contributed by atoms with van der Waals surface area (Å²) in [7, 11) is 0. The summed E-state index contributed by atoms with van der Waals surface area (Å²) in [5.74, 6) is -0.264. The second-order valence-electron chi connectivity index (χ2n) is 7.20. The number of anilines is 1. The highest BCUT2D eigenvalue weighted by molar-refractivity contribution is 7.16. The van der Waals surface area contributed by atoms with E-state index in [4.69, 9.17) is 4.74 Å². The van der Waals surface area contributed by atoms with E-state index in [-0.39, 0.29) is 6.61 Å². The Morgan fingerprint density at radius 2 is 2.15 bits per heavy atom. The van der Waals surface area contributed by atoms with E-state index in [0.717, 1.165) is 44.1 Å². The molecule has 0 saturated heterocycles. The number of hydrogen-bond donors (Lipinski definition) is 1. The van der Waals surface area contributed by atoms with Crippen LogP contribution in [0.1, 0.15) is 55.9 Å². The smallest absolute Gasteiger partial charge is 0.348 e. The number of carbonyl (C=O) groups is 2. The summed E-state index contributed by atoms with van der Waals surface area (Å²) < 4.78 is 5.17. The van der Waals surface area contributed by atoms with Crippen LogP contribution in [0.5, 0.6) is 0 Å². The third-order valence-corrected chi connectivity index (χ3v) is 7.55. The molecule has 2 aromatic rings. The summed E-state index contributed by atoms with van der Waals surface area (Å²) >= 11 is 2.94. The molecule has 0 radical (unpaired) electrons. The van der Waals surface area contributed by atoms with Crippen LogP contribution in [0.4, 0.5) is 5.00 Å². The van der Waals surface area contributed by atoms with E-state index in [2.05, 4.69) is 18.3 Å². The lowest BCUT2D eigenvalue weighted by atomic mass is 9.89. The van der Waals surface area contributed by atoms with Crippen molar-refractivity contribution in [1.82, 2.24) is 0 Å². The van der Waals surface area contributed by atoms with E-state index in [9.17, 15) is 14.9 Å². The zero-order valence-corrected chi connectivity index (χ0v) is 16.7. The van der Waals surface area contributed by atoms with E-state index in [1.165, 1.54) is 38.0 Å². The Balaban J connectivity index is 1.38. The van der Waals surface area contributed by atoms with Crippen LogP contribution in [0, 0.1) is 17.2 Å². The van der Waals surface area contributed by atoms with Crippen LogP contribution in [0.3, 0.4) is 0 Å². The van der Waals surface area contributed by atoms with Crippen LogP contribution in [0.15, 0.2) is 6.07 Å². The van der Waals surface area contributed by atoms with Gasteiger partial charge in [0.05, 0.1) is 5.56 Å². The maximum absolute atomic E-state index is 12.2. The Morgan fingerprint density at radius 3 is 2.93 bits per heavy atom. The Morgan fingerprint density at radius 1 is 1.30 bits per heavy atom. The SMILES string of the molecule is C[C@H]1CCc2c(sc(NC(=O)COC(=O)c3cc4c(s3)CCC4)c2C#N)C1. The number of fused-ring (bicyclic) bond motifs is 2. The Hall–Kier alpha value is -2.17. The summed E-state index contributed by atoms with van der Waals surface area (Å²) in [5, 5.41) is 12.8. The normalized spacial score (nSPS) is 17.7. The minimum atomic E-state index is -0.454. The molecule has 1 atom stereocenters. The summed E-state index contributed by atoms with van der Waals surface area (Å²) in [5.41, 5.74) is 2.87. The van der Waals surface area contributed by atoms with Crippen molar-refractivity contribution in [3.63, 3.8) is 0 Å². The first-order chi connectivity index (χ1) is 13.0. The molecule has 4 rings (SSSR count). The van der Waals surface area contributed by atoms with Gasteiger partial charge in [-0.1, -0.05) is 6.92 Å². The molecule has 27 heavy (non-hydrogen) atoms. The number of nitrogens with one attached hydrogen (secondary N) is 1. The number of nitrogens with zero attached hydrogens (tertiary/aromatic N) is 1. The molecule has 0 bridgehead atoms. The number of thiophene rings is 2. The summed E-state index contributed by atoms with van der Waals surface area (Å²) in [4.78, 5) is 27.4. The van der Waals surface area contributed by atoms with Crippen molar-refractivity contribution in [3.05, 3.63) is 37.4 Å². The molecule has 1 amide bonds. The fraction of sp³-hybridized carbons (Fsp3) is 0.450. The van der Waals surface area contributed by atoms with Gasteiger partial charge in [0.2, 0.25) is 0 Å². The van der Waals surface area contributed by atoms with Crippen LogP contribution >= 0.6 is 22.7 Å². The van der Waals surface area contributed by atoms with Crippen molar-refractivity contribution in [1.29, 1.82) is 5.26 Å². The van der Waals surface area contributed by atoms with E-state index < -0.39 is 11.9 Å². The topological polar surface area (TPSA) is 79.2 Å². The van der Waals surface area contributed by atoms with Crippen LogP contribution in [0.25, 0.3) is 0 Å². The molecule has 0 fully saturated rings. The van der Waals surface area contributed by atoms with Gasteiger partial charge in [-0.05, 0) is 61.6 Å². The lowest BCUT2D eigenvalue weighted by Gasteiger charge is -2.17. The van der Waals surface area contributed by atoms with Crippen LogP contribution in [-0.2, 0) is 35.2 Å². The highest BCUT2D eigenvalue weighted by Gasteiger charge is 2.25. The predicted molar refractivity (Wildman–Crippen MR) is 105 cm³/mol. The standard InChI is InChI=1S/C20H20N2O3S2/c1-11-5-6-13-14(9-21)19(27-16(13)7-11)22-18(23)10-25-20(24)17-8-12-3-2-4-15(12)26-17/h8,11H,2-7,10H2,1H3,(H,22,23)/t11-/m0/s1. The molecular formula is C20H20N2O3S2. The van der Waals surface area contributed by atoms with Crippen molar-refractivity contribution in [2.24, 2.45) is 5.92 Å². The maximum atomic E-state index is 12.2. The first-order valence-corrected chi connectivity index (χ1v) is 10.8. The van der Waals surface area contributed by atoms with Crippen molar-refractivity contribution < 1.29 is 14.3 Å². The van der Waals surface area contributed by atoms with E-state index in [1.54, 1.807) is 0 Å². The lowest BCUT2D eigenvalue weighted by molar-refractivity contribution is -0.119. The molecule has 7 heteroatoms. The zero-order chi connectivity index (χ0) is 19.0. The van der Waals surface area contributed by atoms with Gasteiger partial charge in [0.1, 0.15) is 15.9 Å². The molecule has 0 aromatic carbocycles. The van der Waals surface area contributed by atoms with Crippen molar-refractivity contribution in [3.8, 4) is 6.07 Å². The molecule has 0 saturated carbocycles. The van der Waals surface area contributed by atoms with E-state index in [1.807, 2.05) is 6.07 Å². The quantitative estimate of drug-likeness (QED) is 0.784. The van der Waals surface area contributed by atoms with Crippen molar-refractivity contribution in [2.75, 3.05) is 11.9 Å². The lowest BCUT2D eigenvalue weighted by Crippen LogP contribution is -2.20. The minimum absolute atomic E-state index is 0.342. The summed E-state index contributed by atoms with van der Waals surface area (Å²) in [6.45, 7) is 1.86. The molecule has 2 aliphatic rings. The molecule has 0 aliphatic heterocycles. The van der Waals surface area contributed by atoms with Gasteiger partial charge in [0.15, 0.2) is 6.61 Å². The number of carbonyl (C=O) groups excluding carboxylic acids is 2. The molecule has 5 nitrogen and oxygen atoms in total. The van der Waals surface area contributed by atoms with Crippen molar-refractivity contribution >= 4 is 39.6 Å². The van der Waals surface area contributed by atoms with E-state index >= 15 is 0 Å². The van der Waals surface area contributed by atoms with Crippen LogP contribution in [-0.4, -0.2) is 18.5 Å². The van der Waals surface area contributed by atoms with Gasteiger partial charge in [-0.3, -0.25) is 4.79 Å². The average Bonchev–Trinajstić information content (AvgIpc) is 3.31. The molecule has 0 unspecified atom stereocenters.